The van der Waals surface area contributed by atoms with Crippen LogP contribution < -0.4 is 4.90 Å². The van der Waals surface area contributed by atoms with E-state index < -0.39 is 0 Å². The number of rotatable bonds is 2. The summed E-state index contributed by atoms with van der Waals surface area (Å²) in [5.41, 5.74) is 0. The van der Waals surface area contributed by atoms with E-state index in [-0.39, 0.29) is 0 Å². The molecule has 0 N–H and O–H groups in total. The van der Waals surface area contributed by atoms with E-state index in [9.17, 15) is 0 Å². The van der Waals surface area contributed by atoms with Gasteiger partial charge in [0.25, 0.3) is 0 Å². The normalized spacial score (nSPS) is 9.90. The fourth-order valence-corrected chi connectivity index (χ4v) is 0.570. The highest BCUT2D eigenvalue weighted by molar-refractivity contribution is 5.20. The fourth-order valence-electron chi connectivity index (χ4n) is 0.570. The van der Waals surface area contributed by atoms with Gasteiger partial charge in [-0.1, -0.05) is 12.1 Å². The van der Waals surface area contributed by atoms with Crippen LogP contribution in [0.2, 0.25) is 0 Å². The highest BCUT2D eigenvalue weighted by Gasteiger charge is 2.04. The van der Waals surface area contributed by atoms with Crippen LogP contribution in [0, 0.1) is 0 Å². The average Bonchev–Trinajstić information content (AvgIpc) is 2.34. The van der Waals surface area contributed by atoms with Gasteiger partial charge >= 0.3 is 6.01 Å². The highest BCUT2D eigenvalue weighted by atomic mass is 16.5. The molecule has 1 aromatic rings. The third-order valence-corrected chi connectivity index (χ3v) is 1.16. The first kappa shape index (κ1) is 7.05. The molecular formula is C6H11N3O. The maximum atomic E-state index is 4.88. The molecule has 0 saturated heterocycles. The molecule has 0 aliphatic heterocycles. The third-order valence-electron chi connectivity index (χ3n) is 1.16. The zero-order valence-corrected chi connectivity index (χ0v) is 6.46. The number of anilines is 1. The fraction of sp³-hybridized carbons (Fsp3) is 0.667. The average molecular weight is 141 g/mol. The minimum absolute atomic E-state index is 0.567. The van der Waals surface area contributed by atoms with Crippen LogP contribution in [0.1, 0.15) is 12.7 Å². The number of nitrogens with zero attached hydrogens (tertiary/aromatic N) is 3. The molecule has 0 saturated carbocycles. The summed E-state index contributed by atoms with van der Waals surface area (Å²) in [7, 11) is 3.74. The molecule has 4 heteroatoms. The lowest BCUT2D eigenvalue weighted by Crippen LogP contribution is -2.08. The van der Waals surface area contributed by atoms with Crippen molar-refractivity contribution in [2.45, 2.75) is 13.3 Å². The lowest BCUT2D eigenvalue weighted by Gasteiger charge is -2.01. The summed E-state index contributed by atoms with van der Waals surface area (Å²) in [4.78, 5) is 5.86. The van der Waals surface area contributed by atoms with Crippen molar-refractivity contribution in [1.29, 1.82) is 0 Å². The molecule has 0 atom stereocenters. The molecule has 1 aromatic heterocycles. The van der Waals surface area contributed by atoms with Gasteiger partial charge in [0.1, 0.15) is 0 Å². The van der Waals surface area contributed by atoms with Crippen molar-refractivity contribution in [3.63, 3.8) is 0 Å². The van der Waals surface area contributed by atoms with Crippen LogP contribution in [0.4, 0.5) is 6.01 Å². The van der Waals surface area contributed by atoms with Crippen molar-refractivity contribution in [2.24, 2.45) is 0 Å². The second-order valence-electron chi connectivity index (χ2n) is 2.24. The molecule has 0 bridgehead atoms. The van der Waals surface area contributed by atoms with Crippen LogP contribution >= 0.6 is 0 Å². The van der Waals surface area contributed by atoms with Crippen LogP contribution in [0.25, 0.3) is 0 Å². The van der Waals surface area contributed by atoms with Gasteiger partial charge in [-0.2, -0.15) is 4.98 Å². The maximum Gasteiger partial charge on any atom is 0.323 e. The molecule has 0 radical (unpaired) electrons. The Labute approximate surface area is 59.8 Å². The van der Waals surface area contributed by atoms with Crippen LogP contribution in [-0.2, 0) is 6.42 Å². The Morgan fingerprint density at radius 1 is 1.50 bits per heavy atom. The lowest BCUT2D eigenvalue weighted by molar-refractivity contribution is 0.415. The second kappa shape index (κ2) is 2.68. The lowest BCUT2D eigenvalue weighted by atomic mass is 10.5. The summed E-state index contributed by atoms with van der Waals surface area (Å²) in [6.45, 7) is 1.99. The molecule has 0 spiro atoms. The Morgan fingerprint density at radius 3 is 2.50 bits per heavy atom. The van der Waals surface area contributed by atoms with E-state index in [2.05, 4.69) is 10.1 Å². The van der Waals surface area contributed by atoms with Crippen LogP contribution in [0.15, 0.2) is 4.52 Å². The van der Waals surface area contributed by atoms with Gasteiger partial charge in [-0.3, -0.25) is 0 Å². The maximum absolute atomic E-state index is 4.88. The van der Waals surface area contributed by atoms with Gasteiger partial charge in [-0.15, -0.1) is 0 Å². The van der Waals surface area contributed by atoms with Crippen LogP contribution in [-0.4, -0.2) is 24.2 Å². The smallest absolute Gasteiger partial charge is 0.323 e. The Balaban J connectivity index is 2.78. The standard InChI is InChI=1S/C6H11N3O/c1-4-5-7-6(9(2)3)10-8-5/h4H2,1-3H3. The number of hydrogen-bond donors (Lipinski definition) is 0. The number of aromatic nitrogens is 2. The molecule has 0 aromatic carbocycles. The van der Waals surface area contributed by atoms with Gasteiger partial charge in [0.15, 0.2) is 5.82 Å². The summed E-state index contributed by atoms with van der Waals surface area (Å²) in [5.74, 6) is 0.753. The van der Waals surface area contributed by atoms with Gasteiger partial charge in [-0.05, 0) is 0 Å². The van der Waals surface area contributed by atoms with Crippen molar-refractivity contribution in [1.82, 2.24) is 10.1 Å². The van der Waals surface area contributed by atoms with Gasteiger partial charge in [0, 0.05) is 20.5 Å². The van der Waals surface area contributed by atoms with Crippen molar-refractivity contribution in [2.75, 3.05) is 19.0 Å². The Kier molecular flexibility index (Phi) is 1.89. The van der Waals surface area contributed by atoms with E-state index in [1.807, 2.05) is 21.0 Å². The molecule has 10 heavy (non-hydrogen) atoms. The number of hydrogen-bond acceptors (Lipinski definition) is 4. The summed E-state index contributed by atoms with van der Waals surface area (Å²) >= 11 is 0. The van der Waals surface area contributed by atoms with E-state index in [0.717, 1.165) is 12.2 Å². The number of aryl methyl sites for hydroxylation is 1. The van der Waals surface area contributed by atoms with Gasteiger partial charge in [-0.25, -0.2) is 0 Å². The van der Waals surface area contributed by atoms with Gasteiger partial charge < -0.3 is 9.42 Å². The summed E-state index contributed by atoms with van der Waals surface area (Å²) < 4.78 is 4.88. The highest BCUT2D eigenvalue weighted by Crippen LogP contribution is 2.05. The largest absolute Gasteiger partial charge is 0.331 e. The molecule has 0 aliphatic rings. The van der Waals surface area contributed by atoms with E-state index >= 15 is 0 Å². The van der Waals surface area contributed by atoms with Crippen LogP contribution in [0.5, 0.6) is 0 Å². The van der Waals surface area contributed by atoms with E-state index in [1.54, 1.807) is 4.90 Å². The minimum Gasteiger partial charge on any atom is -0.331 e. The molecule has 0 fully saturated rings. The van der Waals surface area contributed by atoms with E-state index in [4.69, 9.17) is 4.52 Å². The zero-order valence-electron chi connectivity index (χ0n) is 6.46. The molecule has 0 amide bonds. The molecule has 1 heterocycles. The Hall–Kier alpha value is -1.06. The first-order valence-electron chi connectivity index (χ1n) is 3.24. The van der Waals surface area contributed by atoms with Crippen molar-refractivity contribution < 1.29 is 4.52 Å². The molecule has 0 aliphatic carbocycles. The predicted octanol–water partition coefficient (Wildman–Crippen LogP) is 0.698. The monoisotopic (exact) mass is 141 g/mol. The third kappa shape index (κ3) is 1.26. The van der Waals surface area contributed by atoms with Crippen molar-refractivity contribution in [3.05, 3.63) is 5.82 Å². The molecule has 0 unspecified atom stereocenters. The first-order chi connectivity index (χ1) is 4.74. The SMILES string of the molecule is CCc1noc(N(C)C)n1. The molecular weight excluding hydrogens is 130 g/mol. The Bertz CT molecular complexity index is 207. The van der Waals surface area contributed by atoms with Crippen molar-refractivity contribution >= 4 is 6.01 Å². The zero-order chi connectivity index (χ0) is 7.56. The van der Waals surface area contributed by atoms with Crippen molar-refractivity contribution in [3.8, 4) is 0 Å². The Morgan fingerprint density at radius 2 is 2.20 bits per heavy atom. The minimum atomic E-state index is 0.567. The molecule has 56 valence electrons. The van der Waals surface area contributed by atoms with Crippen LogP contribution in [0.3, 0.4) is 0 Å². The van der Waals surface area contributed by atoms with E-state index in [0.29, 0.717) is 6.01 Å². The quantitative estimate of drug-likeness (QED) is 0.608. The predicted molar refractivity (Wildman–Crippen MR) is 38.0 cm³/mol. The van der Waals surface area contributed by atoms with Gasteiger partial charge in [0.05, 0.1) is 0 Å². The molecule has 1 rings (SSSR count). The van der Waals surface area contributed by atoms with Gasteiger partial charge in [0.2, 0.25) is 0 Å². The topological polar surface area (TPSA) is 42.2 Å². The van der Waals surface area contributed by atoms with E-state index in [1.165, 1.54) is 0 Å². The summed E-state index contributed by atoms with van der Waals surface area (Å²) in [6.07, 6.45) is 0.817. The second-order valence-corrected chi connectivity index (χ2v) is 2.24. The molecule has 4 nitrogen and oxygen atoms in total. The summed E-state index contributed by atoms with van der Waals surface area (Å²) in [6, 6.07) is 0.567. The summed E-state index contributed by atoms with van der Waals surface area (Å²) in [5, 5.41) is 3.73. The first-order valence-corrected chi connectivity index (χ1v) is 3.24.